The summed E-state index contributed by atoms with van der Waals surface area (Å²) in [7, 11) is 1.95. The molecule has 0 spiro atoms. The number of allylic oxidation sites excluding steroid dienone is 3. The van der Waals surface area contributed by atoms with Crippen LogP contribution in [0, 0.1) is 0 Å². The number of carbonyl (C=O) groups is 2. The highest BCUT2D eigenvalue weighted by Crippen LogP contribution is 2.48. The van der Waals surface area contributed by atoms with E-state index >= 15 is 0 Å². The van der Waals surface area contributed by atoms with Gasteiger partial charge in [-0.2, -0.15) is 0 Å². The van der Waals surface area contributed by atoms with Crippen LogP contribution < -0.4 is 9.80 Å². The molecule has 39 heavy (non-hydrogen) atoms. The highest BCUT2D eigenvalue weighted by molar-refractivity contribution is 6.39. The number of aromatic nitrogens is 2. The second-order valence-electron chi connectivity index (χ2n) is 10.7. The summed E-state index contributed by atoms with van der Waals surface area (Å²) < 4.78 is 0. The minimum absolute atomic E-state index is 0.167. The molecule has 3 aromatic carbocycles. The third kappa shape index (κ3) is 3.86. The summed E-state index contributed by atoms with van der Waals surface area (Å²) >= 11 is 0. The van der Waals surface area contributed by atoms with Crippen molar-refractivity contribution >= 4 is 39.9 Å². The quantitative estimate of drug-likeness (QED) is 0.210. The summed E-state index contributed by atoms with van der Waals surface area (Å²) in [4.78, 5) is 40.5. The summed E-state index contributed by atoms with van der Waals surface area (Å²) in [6.45, 7) is 8.75. The monoisotopic (exact) mass is 514 g/mol. The number of Topliss-reactive ketones (excluding diaryl/α,β-unsaturated/α-hetero) is 2. The molecule has 6 heteroatoms. The fraction of sp³-hybridized carbons (Fsp3) is 0.212. The summed E-state index contributed by atoms with van der Waals surface area (Å²) in [6.07, 6.45) is 3.51. The first-order valence-corrected chi connectivity index (χ1v) is 13.3. The van der Waals surface area contributed by atoms with Crippen LogP contribution in [-0.2, 0) is 0 Å². The van der Waals surface area contributed by atoms with Crippen molar-refractivity contribution in [1.82, 2.24) is 9.97 Å². The summed E-state index contributed by atoms with van der Waals surface area (Å²) in [5, 5.41) is 0. The van der Waals surface area contributed by atoms with Crippen molar-refractivity contribution in [2.45, 2.75) is 39.5 Å². The Morgan fingerprint density at radius 3 is 1.72 bits per heavy atom. The maximum atomic E-state index is 13.1. The Hall–Kier alpha value is -4.58. The zero-order valence-electron chi connectivity index (χ0n) is 22.8. The van der Waals surface area contributed by atoms with Gasteiger partial charge in [-0.05, 0) is 47.2 Å². The fourth-order valence-electron chi connectivity index (χ4n) is 5.48. The molecule has 4 aromatic rings. The summed E-state index contributed by atoms with van der Waals surface area (Å²) in [6, 6.07) is 21.3. The van der Waals surface area contributed by atoms with E-state index in [1.807, 2.05) is 42.3 Å². The van der Waals surface area contributed by atoms with Crippen LogP contribution in [0.25, 0.3) is 11.0 Å². The molecule has 1 aromatic heterocycles. The van der Waals surface area contributed by atoms with E-state index in [2.05, 4.69) is 50.8 Å². The molecule has 0 amide bonds. The molecule has 0 N–H and O–H groups in total. The lowest BCUT2D eigenvalue weighted by atomic mass is 9.92. The fourth-order valence-corrected chi connectivity index (χ4v) is 5.48. The van der Waals surface area contributed by atoms with Crippen molar-refractivity contribution in [3.8, 4) is 0 Å². The van der Waals surface area contributed by atoms with Crippen LogP contribution in [0.2, 0.25) is 0 Å². The standard InChI is InChI=1S/C33H30N4O2/c1-19(2)21-13-10-14-22(20(3)4)29(21)37-28(18-17-25-30(38)23-11-6-7-12-24(23)31(25)39)36(5)32-33(37)35-27-16-9-8-15-26(27)34-32/h6-20H,1-5H3/b28-18+. The largest absolute Gasteiger partial charge is 0.312 e. The maximum Gasteiger partial charge on any atom is 0.197 e. The van der Waals surface area contributed by atoms with Gasteiger partial charge in [0, 0.05) is 18.2 Å². The smallest absolute Gasteiger partial charge is 0.197 e. The van der Waals surface area contributed by atoms with E-state index < -0.39 is 0 Å². The second kappa shape index (κ2) is 9.31. The number of rotatable bonds is 4. The number of carbonyl (C=O) groups excluding carboxylic acids is 2. The normalized spacial score (nSPS) is 15.8. The van der Waals surface area contributed by atoms with Crippen molar-refractivity contribution < 1.29 is 9.59 Å². The van der Waals surface area contributed by atoms with Gasteiger partial charge in [0.15, 0.2) is 23.2 Å². The molecule has 0 saturated heterocycles. The Morgan fingerprint density at radius 1 is 0.667 bits per heavy atom. The van der Waals surface area contributed by atoms with E-state index in [4.69, 9.17) is 9.97 Å². The van der Waals surface area contributed by atoms with Gasteiger partial charge in [-0.15, -0.1) is 0 Å². The number of hydrogen-bond acceptors (Lipinski definition) is 6. The van der Waals surface area contributed by atoms with Crippen LogP contribution in [0.3, 0.4) is 0 Å². The Balaban J connectivity index is 1.60. The van der Waals surface area contributed by atoms with Gasteiger partial charge in [0.1, 0.15) is 5.82 Å². The highest BCUT2D eigenvalue weighted by Gasteiger charge is 2.37. The van der Waals surface area contributed by atoms with Crippen molar-refractivity contribution in [2.24, 2.45) is 0 Å². The van der Waals surface area contributed by atoms with Crippen LogP contribution in [0.4, 0.5) is 17.3 Å². The third-order valence-electron chi connectivity index (χ3n) is 7.51. The van der Waals surface area contributed by atoms with Gasteiger partial charge in [0.05, 0.1) is 22.3 Å². The molecular weight excluding hydrogens is 484 g/mol. The van der Waals surface area contributed by atoms with E-state index in [1.165, 1.54) is 11.1 Å². The van der Waals surface area contributed by atoms with Crippen LogP contribution in [0.15, 0.2) is 90.3 Å². The van der Waals surface area contributed by atoms with Crippen molar-refractivity contribution in [3.05, 3.63) is 113 Å². The van der Waals surface area contributed by atoms with Gasteiger partial charge in [-0.3, -0.25) is 14.5 Å². The lowest BCUT2D eigenvalue weighted by Gasteiger charge is -2.29. The maximum absolute atomic E-state index is 13.1. The van der Waals surface area contributed by atoms with E-state index in [0.717, 1.165) is 34.2 Å². The molecule has 194 valence electrons. The first kappa shape index (κ1) is 24.7. The first-order valence-electron chi connectivity index (χ1n) is 13.3. The van der Waals surface area contributed by atoms with E-state index in [-0.39, 0.29) is 29.0 Å². The van der Waals surface area contributed by atoms with E-state index in [9.17, 15) is 9.59 Å². The highest BCUT2D eigenvalue weighted by atomic mass is 16.2. The number of benzene rings is 3. The number of nitrogens with zero attached hydrogens (tertiary/aromatic N) is 4. The Labute approximate surface area is 228 Å². The van der Waals surface area contributed by atoms with Crippen molar-refractivity contribution in [3.63, 3.8) is 0 Å². The van der Waals surface area contributed by atoms with Gasteiger partial charge < -0.3 is 4.90 Å². The molecule has 6 rings (SSSR count). The minimum atomic E-state index is -0.246. The third-order valence-corrected chi connectivity index (χ3v) is 7.51. The topological polar surface area (TPSA) is 66.4 Å². The molecular formula is C33H30N4O2. The molecule has 0 bridgehead atoms. The number of fused-ring (bicyclic) bond motifs is 3. The number of anilines is 3. The minimum Gasteiger partial charge on any atom is -0.312 e. The molecule has 2 aliphatic rings. The Morgan fingerprint density at radius 2 is 1.18 bits per heavy atom. The first-order chi connectivity index (χ1) is 18.8. The molecule has 0 atom stereocenters. The summed E-state index contributed by atoms with van der Waals surface area (Å²) in [5.74, 6) is 2.25. The predicted octanol–water partition coefficient (Wildman–Crippen LogP) is 7.31. The second-order valence-corrected chi connectivity index (χ2v) is 10.7. The van der Waals surface area contributed by atoms with E-state index in [1.54, 1.807) is 30.3 Å². The molecule has 2 heterocycles. The lowest BCUT2D eigenvalue weighted by molar-refractivity contribution is 0.0988. The van der Waals surface area contributed by atoms with Crippen LogP contribution in [0.5, 0.6) is 0 Å². The van der Waals surface area contributed by atoms with Crippen LogP contribution in [0.1, 0.15) is 71.4 Å². The molecule has 0 saturated carbocycles. The van der Waals surface area contributed by atoms with Gasteiger partial charge in [-0.25, -0.2) is 9.97 Å². The molecule has 0 fully saturated rings. The zero-order valence-corrected chi connectivity index (χ0v) is 22.8. The Bertz CT molecular complexity index is 1670. The average Bonchev–Trinajstić information content (AvgIpc) is 3.34. The molecule has 0 radical (unpaired) electrons. The van der Waals surface area contributed by atoms with Gasteiger partial charge in [-0.1, -0.05) is 82.3 Å². The average molecular weight is 515 g/mol. The SMILES string of the molecule is CC(C)c1cccc(C(C)C)c1N1/C(=C/C=C2C(=O)c3ccccc3C2=O)N(C)c2nc3ccccc3nc21. The number of ketones is 2. The van der Waals surface area contributed by atoms with Gasteiger partial charge in [0.25, 0.3) is 0 Å². The summed E-state index contributed by atoms with van der Waals surface area (Å²) in [5.41, 5.74) is 6.13. The molecule has 6 nitrogen and oxygen atoms in total. The van der Waals surface area contributed by atoms with Crippen LogP contribution >= 0.6 is 0 Å². The van der Waals surface area contributed by atoms with Gasteiger partial charge >= 0.3 is 0 Å². The molecule has 1 aliphatic heterocycles. The predicted molar refractivity (Wildman–Crippen MR) is 156 cm³/mol. The Kier molecular flexibility index (Phi) is 5.91. The van der Waals surface area contributed by atoms with Crippen molar-refractivity contribution in [2.75, 3.05) is 16.8 Å². The van der Waals surface area contributed by atoms with Crippen LogP contribution in [-0.4, -0.2) is 28.6 Å². The van der Waals surface area contributed by atoms with E-state index in [0.29, 0.717) is 11.1 Å². The number of para-hydroxylation sites is 3. The zero-order chi connectivity index (χ0) is 27.4. The van der Waals surface area contributed by atoms with Crippen molar-refractivity contribution in [1.29, 1.82) is 0 Å². The molecule has 0 unspecified atom stereocenters. The lowest BCUT2D eigenvalue weighted by Crippen LogP contribution is -2.24. The molecule has 1 aliphatic carbocycles. The number of hydrogen-bond donors (Lipinski definition) is 0. The van der Waals surface area contributed by atoms with Gasteiger partial charge in [0.2, 0.25) is 0 Å².